The van der Waals surface area contributed by atoms with Crippen LogP contribution in [-0.2, 0) is 11.8 Å². The molecule has 2 nitrogen and oxygen atoms in total. The molecule has 0 aromatic carbocycles. The van der Waals surface area contributed by atoms with E-state index < -0.39 is 0 Å². The van der Waals surface area contributed by atoms with Gasteiger partial charge in [-0.1, -0.05) is 47.0 Å². The molecular weight excluding hydrogens is 264 g/mol. The lowest BCUT2D eigenvalue weighted by Crippen LogP contribution is -2.35. The Labute approximate surface area is 128 Å². The van der Waals surface area contributed by atoms with Crippen LogP contribution in [0.15, 0.2) is 5.38 Å². The quantitative estimate of drug-likeness (QED) is 0.798. The Balaban J connectivity index is 1.93. The first kappa shape index (κ1) is 16.0. The number of nitrogens with one attached hydrogen (secondary N) is 1. The minimum atomic E-state index is 0.176. The molecule has 0 aliphatic heterocycles. The summed E-state index contributed by atoms with van der Waals surface area (Å²) in [6.45, 7) is 10.1. The molecule has 1 aromatic rings. The second-order valence-electron chi connectivity index (χ2n) is 7.26. The summed E-state index contributed by atoms with van der Waals surface area (Å²) in [5.74, 6) is 0.964. The van der Waals surface area contributed by atoms with E-state index in [-0.39, 0.29) is 5.41 Å². The highest BCUT2D eigenvalue weighted by atomic mass is 32.1. The van der Waals surface area contributed by atoms with Crippen LogP contribution in [0.5, 0.6) is 0 Å². The van der Waals surface area contributed by atoms with Gasteiger partial charge in [0.25, 0.3) is 0 Å². The highest BCUT2D eigenvalue weighted by Crippen LogP contribution is 2.32. The third kappa shape index (κ3) is 4.56. The summed E-state index contributed by atoms with van der Waals surface area (Å²) in [5.41, 5.74) is 1.42. The molecule has 1 aliphatic carbocycles. The first-order valence-corrected chi connectivity index (χ1v) is 9.05. The van der Waals surface area contributed by atoms with Crippen molar-refractivity contribution >= 4 is 11.3 Å². The Morgan fingerprint density at radius 2 is 2.15 bits per heavy atom. The molecule has 3 heteroatoms. The van der Waals surface area contributed by atoms with Crippen LogP contribution in [0.25, 0.3) is 0 Å². The van der Waals surface area contributed by atoms with Gasteiger partial charge in [0.2, 0.25) is 0 Å². The molecular formula is C17H30N2S. The fourth-order valence-corrected chi connectivity index (χ4v) is 3.78. The predicted octanol–water partition coefficient (Wildman–Crippen LogP) is 4.54. The third-order valence-corrected chi connectivity index (χ3v) is 5.14. The second-order valence-corrected chi connectivity index (χ2v) is 8.21. The lowest BCUT2D eigenvalue weighted by Gasteiger charge is -2.30. The van der Waals surface area contributed by atoms with Crippen LogP contribution in [0.2, 0.25) is 0 Å². The largest absolute Gasteiger partial charge is 0.314 e. The van der Waals surface area contributed by atoms with E-state index in [1.54, 1.807) is 0 Å². The number of hydrogen-bond donors (Lipinski definition) is 1. The standard InChI is InChI=1S/C17H30N2S/c1-5-9-18-14(10-13-7-6-8-13)11-16-19-15(12-20-16)17(2,3)4/h12-14,18H,5-11H2,1-4H3. The van der Waals surface area contributed by atoms with Crippen molar-refractivity contribution < 1.29 is 0 Å². The van der Waals surface area contributed by atoms with Crippen molar-refractivity contribution in [1.82, 2.24) is 10.3 Å². The van der Waals surface area contributed by atoms with Crippen LogP contribution in [0.1, 0.15) is 70.5 Å². The van der Waals surface area contributed by atoms with Gasteiger partial charge in [-0.3, -0.25) is 0 Å². The van der Waals surface area contributed by atoms with Crippen molar-refractivity contribution in [3.05, 3.63) is 16.1 Å². The van der Waals surface area contributed by atoms with Gasteiger partial charge in [-0.05, 0) is 25.3 Å². The van der Waals surface area contributed by atoms with Crippen LogP contribution in [0, 0.1) is 5.92 Å². The molecule has 1 unspecified atom stereocenters. The summed E-state index contributed by atoms with van der Waals surface area (Å²) in [5, 5.41) is 7.29. The first-order chi connectivity index (χ1) is 9.49. The Morgan fingerprint density at radius 1 is 1.40 bits per heavy atom. The lowest BCUT2D eigenvalue weighted by atomic mass is 9.80. The van der Waals surface area contributed by atoms with Crippen molar-refractivity contribution in [2.24, 2.45) is 5.92 Å². The average molecular weight is 295 g/mol. The maximum absolute atomic E-state index is 4.86. The lowest BCUT2D eigenvalue weighted by molar-refractivity contribution is 0.259. The molecule has 0 spiro atoms. The van der Waals surface area contributed by atoms with E-state index in [4.69, 9.17) is 4.98 Å². The number of rotatable bonds is 7. The smallest absolute Gasteiger partial charge is 0.0944 e. The van der Waals surface area contributed by atoms with Crippen LogP contribution in [0.3, 0.4) is 0 Å². The highest BCUT2D eigenvalue weighted by molar-refractivity contribution is 7.09. The van der Waals surface area contributed by atoms with E-state index in [2.05, 4.69) is 38.4 Å². The van der Waals surface area contributed by atoms with E-state index >= 15 is 0 Å². The monoisotopic (exact) mass is 294 g/mol. The molecule has 0 saturated heterocycles. The molecule has 1 atom stereocenters. The molecule has 1 heterocycles. The molecule has 1 aromatic heterocycles. The summed E-state index contributed by atoms with van der Waals surface area (Å²) < 4.78 is 0. The summed E-state index contributed by atoms with van der Waals surface area (Å²) in [7, 11) is 0. The summed E-state index contributed by atoms with van der Waals surface area (Å²) in [6, 6.07) is 0.624. The van der Waals surface area contributed by atoms with Gasteiger partial charge in [-0.15, -0.1) is 11.3 Å². The van der Waals surface area contributed by atoms with Gasteiger partial charge in [-0.2, -0.15) is 0 Å². The van der Waals surface area contributed by atoms with Gasteiger partial charge in [0.05, 0.1) is 10.7 Å². The molecule has 20 heavy (non-hydrogen) atoms. The molecule has 0 bridgehead atoms. The summed E-state index contributed by atoms with van der Waals surface area (Å²) >= 11 is 1.84. The molecule has 0 radical (unpaired) electrons. The Bertz CT molecular complexity index is 401. The summed E-state index contributed by atoms with van der Waals surface area (Å²) in [6.07, 6.45) is 7.98. The molecule has 1 saturated carbocycles. The van der Waals surface area contributed by atoms with Crippen LogP contribution in [0.4, 0.5) is 0 Å². The van der Waals surface area contributed by atoms with Crippen molar-refractivity contribution in [1.29, 1.82) is 0 Å². The zero-order valence-corrected chi connectivity index (χ0v) is 14.4. The molecule has 114 valence electrons. The zero-order valence-electron chi connectivity index (χ0n) is 13.5. The zero-order chi connectivity index (χ0) is 14.6. The number of thiazole rings is 1. The Kier molecular flexibility index (Phi) is 5.62. The van der Waals surface area contributed by atoms with E-state index in [9.17, 15) is 0 Å². The van der Waals surface area contributed by atoms with Crippen molar-refractivity contribution in [2.45, 2.75) is 77.7 Å². The Hall–Kier alpha value is -0.410. The maximum atomic E-state index is 4.86. The van der Waals surface area contributed by atoms with E-state index in [0.29, 0.717) is 6.04 Å². The molecule has 2 rings (SSSR count). The molecule has 0 amide bonds. The highest BCUT2D eigenvalue weighted by Gasteiger charge is 2.23. The number of aromatic nitrogens is 1. The van der Waals surface area contributed by atoms with Crippen LogP contribution >= 0.6 is 11.3 Å². The van der Waals surface area contributed by atoms with Crippen LogP contribution in [-0.4, -0.2) is 17.6 Å². The predicted molar refractivity (Wildman–Crippen MR) is 88.6 cm³/mol. The van der Waals surface area contributed by atoms with Gasteiger partial charge in [0.1, 0.15) is 0 Å². The van der Waals surface area contributed by atoms with Gasteiger partial charge in [-0.25, -0.2) is 4.98 Å². The minimum Gasteiger partial charge on any atom is -0.314 e. The normalized spacial score (nSPS) is 18.0. The van der Waals surface area contributed by atoms with E-state index in [1.807, 2.05) is 11.3 Å². The van der Waals surface area contributed by atoms with Gasteiger partial charge < -0.3 is 5.32 Å². The van der Waals surface area contributed by atoms with Gasteiger partial charge >= 0.3 is 0 Å². The fraction of sp³-hybridized carbons (Fsp3) is 0.824. The average Bonchev–Trinajstić information content (AvgIpc) is 2.78. The molecule has 1 aliphatic rings. The Morgan fingerprint density at radius 3 is 2.65 bits per heavy atom. The van der Waals surface area contributed by atoms with Gasteiger partial charge in [0, 0.05) is 23.3 Å². The SMILES string of the molecule is CCCNC(Cc1nc(C(C)(C)C)cs1)CC1CCC1. The van der Waals surface area contributed by atoms with Crippen molar-refractivity contribution in [3.63, 3.8) is 0 Å². The van der Waals surface area contributed by atoms with Gasteiger partial charge in [0.15, 0.2) is 0 Å². The first-order valence-electron chi connectivity index (χ1n) is 8.17. The maximum Gasteiger partial charge on any atom is 0.0944 e. The molecule has 1 N–H and O–H groups in total. The van der Waals surface area contributed by atoms with Crippen LogP contribution < -0.4 is 5.32 Å². The number of hydrogen-bond acceptors (Lipinski definition) is 3. The third-order valence-electron chi connectivity index (χ3n) is 4.27. The van der Waals surface area contributed by atoms with E-state index in [1.165, 1.54) is 42.8 Å². The fourth-order valence-electron chi connectivity index (χ4n) is 2.68. The molecule has 1 fully saturated rings. The number of nitrogens with zero attached hydrogens (tertiary/aromatic N) is 1. The second kappa shape index (κ2) is 7.04. The summed E-state index contributed by atoms with van der Waals surface area (Å²) in [4.78, 5) is 4.86. The minimum absolute atomic E-state index is 0.176. The van der Waals surface area contributed by atoms with E-state index in [0.717, 1.165) is 18.9 Å². The van der Waals surface area contributed by atoms with Crippen molar-refractivity contribution in [3.8, 4) is 0 Å². The van der Waals surface area contributed by atoms with Crippen molar-refractivity contribution in [2.75, 3.05) is 6.54 Å². The topological polar surface area (TPSA) is 24.9 Å².